The van der Waals surface area contributed by atoms with Crippen LogP contribution in [-0.4, -0.2) is 44.0 Å². The van der Waals surface area contributed by atoms with Crippen molar-refractivity contribution in [2.75, 3.05) is 13.1 Å². The third-order valence-corrected chi connectivity index (χ3v) is 7.05. The molecular weight excluding hydrogens is 483 g/mol. The average Bonchev–Trinajstić information content (AvgIpc) is 3.43. The van der Waals surface area contributed by atoms with Gasteiger partial charge in [0.15, 0.2) is 5.82 Å². The van der Waals surface area contributed by atoms with Crippen LogP contribution in [0, 0.1) is 17.1 Å². The second-order valence-electron chi connectivity index (χ2n) is 8.40. The van der Waals surface area contributed by atoms with E-state index < -0.39 is 11.8 Å². The molecule has 2 N–H and O–H groups in total. The van der Waals surface area contributed by atoms with E-state index in [1.54, 1.807) is 12.1 Å². The molecule has 2 aromatic carbocycles. The maximum absolute atomic E-state index is 14.1. The molecule has 182 valence electrons. The molecule has 4 aromatic rings. The summed E-state index contributed by atoms with van der Waals surface area (Å²) in [6.45, 7) is 1.92. The van der Waals surface area contributed by atoms with Crippen molar-refractivity contribution in [3.63, 3.8) is 0 Å². The first-order valence-corrected chi connectivity index (χ1v) is 12.0. The highest BCUT2D eigenvalue weighted by molar-refractivity contribution is 7.20. The number of nitrogens with zero attached hydrogens (tertiary/aromatic N) is 4. The largest absolute Gasteiger partial charge is 0.489 e. The van der Waals surface area contributed by atoms with Gasteiger partial charge in [0.05, 0.1) is 18.2 Å². The molecule has 1 aliphatic heterocycles. The number of carboxylic acid groups (broad SMARTS) is 1. The van der Waals surface area contributed by atoms with Gasteiger partial charge in [-0.15, -0.1) is 11.3 Å². The molecule has 0 atom stereocenters. The lowest BCUT2D eigenvalue weighted by Crippen LogP contribution is -2.29. The minimum Gasteiger partial charge on any atom is -0.489 e. The number of hydrogen-bond donors (Lipinski definition) is 2. The average molecular weight is 505 g/mol. The molecule has 0 bridgehead atoms. The minimum absolute atomic E-state index is 0.0625. The Morgan fingerprint density at radius 2 is 2.11 bits per heavy atom. The van der Waals surface area contributed by atoms with E-state index in [-0.39, 0.29) is 17.0 Å². The molecule has 0 spiro atoms. The zero-order valence-electron chi connectivity index (χ0n) is 19.0. The number of carbonyl (C=O) groups is 1. The molecule has 0 aliphatic carbocycles. The van der Waals surface area contributed by atoms with Crippen LogP contribution in [0.3, 0.4) is 0 Å². The molecular formula is C26H21FN4O4S. The van der Waals surface area contributed by atoms with Crippen molar-refractivity contribution in [3.8, 4) is 11.8 Å². The summed E-state index contributed by atoms with van der Waals surface area (Å²) in [5.74, 6) is -0.409. The first-order chi connectivity index (χ1) is 17.4. The number of halogens is 1. The molecule has 0 unspecified atom stereocenters. The summed E-state index contributed by atoms with van der Waals surface area (Å²) in [5, 5.41) is 28.4. The van der Waals surface area contributed by atoms with Crippen molar-refractivity contribution in [1.82, 2.24) is 14.6 Å². The van der Waals surface area contributed by atoms with Crippen LogP contribution in [0.5, 0.6) is 5.75 Å². The number of fused-ring (bicyclic) bond motifs is 1. The maximum Gasteiger partial charge on any atom is 0.346 e. The SMILES string of the molecule is N#Cc1ccc(COc2cccc(C3=CCN(Cc4nc5sc(C(=O)O)cc5n4O)CC3)c2)c(F)c1. The lowest BCUT2D eigenvalue weighted by atomic mass is 9.99. The Kier molecular flexibility index (Phi) is 6.41. The maximum atomic E-state index is 14.1. The van der Waals surface area contributed by atoms with Crippen LogP contribution >= 0.6 is 11.3 Å². The lowest BCUT2D eigenvalue weighted by molar-refractivity contribution is 0.0702. The van der Waals surface area contributed by atoms with E-state index >= 15 is 0 Å². The number of hydrogen-bond acceptors (Lipinski definition) is 7. The van der Waals surface area contributed by atoms with Gasteiger partial charge in [-0.1, -0.05) is 24.3 Å². The molecule has 2 aromatic heterocycles. The van der Waals surface area contributed by atoms with Crippen molar-refractivity contribution >= 4 is 33.2 Å². The Bertz CT molecular complexity index is 1530. The number of nitriles is 1. The van der Waals surface area contributed by atoms with E-state index in [0.29, 0.717) is 40.6 Å². The van der Waals surface area contributed by atoms with Gasteiger partial charge in [-0.3, -0.25) is 4.90 Å². The Morgan fingerprint density at radius 1 is 1.25 bits per heavy atom. The summed E-state index contributed by atoms with van der Waals surface area (Å²) in [7, 11) is 0. The second kappa shape index (κ2) is 9.81. The fraction of sp³-hybridized carbons (Fsp3) is 0.192. The summed E-state index contributed by atoms with van der Waals surface area (Å²) in [5.41, 5.74) is 3.25. The van der Waals surface area contributed by atoms with Gasteiger partial charge in [0.1, 0.15) is 33.4 Å². The normalized spacial score (nSPS) is 13.9. The van der Waals surface area contributed by atoms with E-state index in [0.717, 1.165) is 34.6 Å². The molecule has 0 radical (unpaired) electrons. The molecule has 0 amide bonds. The van der Waals surface area contributed by atoms with Crippen molar-refractivity contribution in [2.45, 2.75) is 19.6 Å². The van der Waals surface area contributed by atoms with Gasteiger partial charge in [0.2, 0.25) is 0 Å². The third-order valence-electron chi connectivity index (χ3n) is 6.05. The van der Waals surface area contributed by atoms with Crippen LogP contribution < -0.4 is 4.74 Å². The van der Waals surface area contributed by atoms with Crippen LogP contribution in [0.15, 0.2) is 54.6 Å². The first kappa shape index (κ1) is 23.5. The number of rotatable bonds is 7. The van der Waals surface area contributed by atoms with Crippen molar-refractivity contribution < 1.29 is 24.2 Å². The Hall–Kier alpha value is -4.20. The molecule has 0 saturated carbocycles. The quantitative estimate of drug-likeness (QED) is 0.344. The van der Waals surface area contributed by atoms with Gasteiger partial charge in [0.25, 0.3) is 0 Å². The van der Waals surface area contributed by atoms with Gasteiger partial charge < -0.3 is 15.1 Å². The molecule has 36 heavy (non-hydrogen) atoms. The van der Waals surface area contributed by atoms with E-state index in [1.807, 2.05) is 30.3 Å². The number of aromatic carboxylic acids is 1. The van der Waals surface area contributed by atoms with Gasteiger partial charge in [0, 0.05) is 18.7 Å². The van der Waals surface area contributed by atoms with Crippen LogP contribution in [-0.2, 0) is 13.2 Å². The highest BCUT2D eigenvalue weighted by Crippen LogP contribution is 2.29. The summed E-state index contributed by atoms with van der Waals surface area (Å²) >= 11 is 1.04. The minimum atomic E-state index is -1.04. The Labute approximate surface area is 209 Å². The van der Waals surface area contributed by atoms with Crippen molar-refractivity contribution in [1.29, 1.82) is 5.26 Å². The van der Waals surface area contributed by atoms with Gasteiger partial charge in [-0.2, -0.15) is 9.99 Å². The smallest absolute Gasteiger partial charge is 0.346 e. The molecule has 5 rings (SSSR count). The van der Waals surface area contributed by atoms with Gasteiger partial charge in [-0.05, 0) is 47.9 Å². The predicted octanol–water partition coefficient (Wildman–Crippen LogP) is 4.91. The highest BCUT2D eigenvalue weighted by atomic mass is 32.1. The molecule has 10 heteroatoms. The van der Waals surface area contributed by atoms with Gasteiger partial charge in [-0.25, -0.2) is 14.2 Å². The summed E-state index contributed by atoms with van der Waals surface area (Å²) in [6, 6.07) is 15.3. The summed E-state index contributed by atoms with van der Waals surface area (Å²) in [4.78, 5) is 18.3. The third kappa shape index (κ3) is 4.79. The number of carboxylic acids is 1. The van der Waals surface area contributed by atoms with E-state index in [4.69, 9.17) is 15.1 Å². The number of ether oxygens (including phenoxy) is 1. The van der Waals surface area contributed by atoms with E-state index in [2.05, 4.69) is 16.0 Å². The fourth-order valence-corrected chi connectivity index (χ4v) is 4.98. The van der Waals surface area contributed by atoms with Gasteiger partial charge >= 0.3 is 5.97 Å². The standard InChI is InChI=1S/C26H21FN4O4S/c27-21-10-16(13-28)4-5-19(21)15-35-20-3-1-2-18(11-20)17-6-8-30(9-7-17)14-24-29-25-22(31(24)34)12-23(36-25)26(32)33/h1-6,10-12,34H,7-9,14-15H2,(H,32,33). The molecule has 8 nitrogen and oxygen atoms in total. The highest BCUT2D eigenvalue weighted by Gasteiger charge is 2.20. The fourth-order valence-electron chi connectivity index (χ4n) is 4.11. The van der Waals surface area contributed by atoms with E-state index in [1.165, 1.54) is 17.7 Å². The molecule has 3 heterocycles. The molecule has 0 saturated heterocycles. The monoisotopic (exact) mass is 504 g/mol. The predicted molar refractivity (Wildman–Crippen MR) is 132 cm³/mol. The van der Waals surface area contributed by atoms with Crippen LogP contribution in [0.4, 0.5) is 4.39 Å². The van der Waals surface area contributed by atoms with Crippen molar-refractivity contribution in [2.24, 2.45) is 0 Å². The van der Waals surface area contributed by atoms with E-state index in [9.17, 15) is 14.4 Å². The zero-order valence-corrected chi connectivity index (χ0v) is 19.8. The number of imidazole rings is 1. The van der Waals surface area contributed by atoms with Crippen LogP contribution in [0.2, 0.25) is 0 Å². The number of thiophene rings is 1. The summed E-state index contributed by atoms with van der Waals surface area (Å²) in [6.07, 6.45) is 2.91. The van der Waals surface area contributed by atoms with Crippen molar-refractivity contribution in [3.05, 3.63) is 87.8 Å². The van der Waals surface area contributed by atoms with Crippen LogP contribution in [0.25, 0.3) is 15.9 Å². The summed E-state index contributed by atoms with van der Waals surface area (Å²) < 4.78 is 20.9. The lowest BCUT2D eigenvalue weighted by Gasteiger charge is -2.26. The number of benzene rings is 2. The molecule has 1 aliphatic rings. The van der Waals surface area contributed by atoms with Crippen LogP contribution in [0.1, 0.15) is 38.6 Å². The number of aromatic nitrogens is 2. The Balaban J connectivity index is 1.22. The zero-order chi connectivity index (χ0) is 25.2. The second-order valence-corrected chi connectivity index (χ2v) is 9.43. The molecule has 0 fully saturated rings. The topological polar surface area (TPSA) is 112 Å². The first-order valence-electron chi connectivity index (χ1n) is 11.2. The Morgan fingerprint density at radius 3 is 2.81 bits per heavy atom.